The van der Waals surface area contributed by atoms with E-state index in [-0.39, 0.29) is 19.0 Å². The van der Waals surface area contributed by atoms with Crippen LogP contribution in [0.5, 0.6) is 0 Å². The van der Waals surface area contributed by atoms with E-state index in [9.17, 15) is 15.2 Å². The summed E-state index contributed by atoms with van der Waals surface area (Å²) >= 11 is 0. The lowest BCUT2D eigenvalue weighted by atomic mass is 10.3. The zero-order valence-electron chi connectivity index (χ0n) is 12.4. The number of aromatic nitrogens is 1. The van der Waals surface area contributed by atoms with Crippen LogP contribution in [0.1, 0.15) is 0 Å². The molecule has 0 aliphatic carbocycles. The van der Waals surface area contributed by atoms with E-state index in [4.69, 9.17) is 14.6 Å². The summed E-state index contributed by atoms with van der Waals surface area (Å²) in [4.78, 5) is 10.3. The largest absolute Gasteiger partial charge is 0.394 e. The summed E-state index contributed by atoms with van der Waals surface area (Å²) in [6.07, 6.45) is 0.843. The van der Waals surface area contributed by atoms with Crippen molar-refractivity contribution in [1.29, 1.82) is 0 Å². The van der Waals surface area contributed by atoms with Crippen LogP contribution in [0.2, 0.25) is 0 Å². The van der Waals surface area contributed by atoms with Crippen molar-refractivity contribution >= 4 is 5.82 Å². The lowest BCUT2D eigenvalue weighted by Gasteiger charge is -2.11. The Morgan fingerprint density at radius 2 is 2.05 bits per heavy atom. The summed E-state index contributed by atoms with van der Waals surface area (Å²) in [7, 11) is 0. The first kappa shape index (κ1) is 18.5. The van der Waals surface area contributed by atoms with Gasteiger partial charge in [0.25, 0.3) is 0 Å². The molecule has 1 aromatic heterocycles. The molecule has 0 saturated carbocycles. The highest BCUT2D eigenvalue weighted by atomic mass is 16.6. The molecule has 1 rings (SSSR count). The fraction of sp³-hybridized carbons (Fsp3) is 0.692. The minimum absolute atomic E-state index is 0.000991. The highest BCUT2D eigenvalue weighted by molar-refractivity contribution is 5.21. The Kier molecular flexibility index (Phi) is 9.35. The van der Waals surface area contributed by atoms with E-state index in [1.807, 2.05) is 0 Å². The SMILES string of the molecule is O=[N+]([O-])c1cccn1CC(O)CNCCOCCOCCO. The summed E-state index contributed by atoms with van der Waals surface area (Å²) in [5.74, 6) is -0.0368. The Hall–Kier alpha value is -1.52. The lowest BCUT2D eigenvalue weighted by Crippen LogP contribution is -2.32. The normalized spacial score (nSPS) is 12.5. The molecule has 1 unspecified atom stereocenters. The summed E-state index contributed by atoms with van der Waals surface area (Å²) in [5.41, 5.74) is 0. The maximum Gasteiger partial charge on any atom is 0.323 e. The lowest BCUT2D eigenvalue weighted by molar-refractivity contribution is -0.392. The number of aliphatic hydroxyl groups is 2. The van der Waals surface area contributed by atoms with Crippen LogP contribution in [0.3, 0.4) is 0 Å². The van der Waals surface area contributed by atoms with Gasteiger partial charge in [-0.05, 0) is 11.0 Å². The van der Waals surface area contributed by atoms with E-state index in [0.717, 1.165) is 0 Å². The summed E-state index contributed by atoms with van der Waals surface area (Å²) in [6, 6.07) is 2.97. The second-order valence-electron chi connectivity index (χ2n) is 4.58. The monoisotopic (exact) mass is 317 g/mol. The number of nitro groups is 1. The van der Waals surface area contributed by atoms with Crippen LogP contribution in [-0.4, -0.2) is 71.9 Å². The topological polar surface area (TPSA) is 119 Å². The van der Waals surface area contributed by atoms with Crippen LogP contribution < -0.4 is 5.32 Å². The number of ether oxygens (including phenoxy) is 2. The Morgan fingerprint density at radius 3 is 2.73 bits per heavy atom. The zero-order chi connectivity index (χ0) is 16.2. The molecule has 0 radical (unpaired) electrons. The van der Waals surface area contributed by atoms with Crippen LogP contribution in [0.15, 0.2) is 18.3 Å². The van der Waals surface area contributed by atoms with Crippen LogP contribution in [-0.2, 0) is 16.0 Å². The first-order valence-electron chi connectivity index (χ1n) is 7.09. The number of aliphatic hydroxyl groups excluding tert-OH is 2. The molecule has 126 valence electrons. The molecule has 0 fully saturated rings. The van der Waals surface area contributed by atoms with Gasteiger partial charge in [-0.15, -0.1) is 0 Å². The fourth-order valence-electron chi connectivity index (χ4n) is 1.82. The summed E-state index contributed by atoms with van der Waals surface area (Å²) in [5, 5.41) is 32.1. The van der Waals surface area contributed by atoms with Gasteiger partial charge in [-0.2, -0.15) is 0 Å². The van der Waals surface area contributed by atoms with E-state index in [0.29, 0.717) is 39.5 Å². The third kappa shape index (κ3) is 7.48. The number of hydrogen-bond donors (Lipinski definition) is 3. The van der Waals surface area contributed by atoms with Gasteiger partial charge in [0.05, 0.1) is 39.2 Å². The van der Waals surface area contributed by atoms with Crippen LogP contribution in [0.4, 0.5) is 5.82 Å². The Morgan fingerprint density at radius 1 is 1.32 bits per heavy atom. The smallest absolute Gasteiger partial charge is 0.323 e. The highest BCUT2D eigenvalue weighted by Crippen LogP contribution is 2.12. The molecule has 1 atom stereocenters. The number of rotatable bonds is 13. The minimum Gasteiger partial charge on any atom is -0.394 e. The van der Waals surface area contributed by atoms with Gasteiger partial charge in [-0.3, -0.25) is 0 Å². The molecule has 0 aromatic carbocycles. The standard InChI is InChI=1S/C13H23N3O6/c17-5-7-22-9-8-21-6-3-14-10-12(18)11-15-4-1-2-13(15)16(19)20/h1-2,4,12,14,17-18H,3,5-11H2. The Balaban J connectivity index is 2.05. The molecule has 0 bridgehead atoms. The molecule has 0 spiro atoms. The molecule has 1 heterocycles. The molecule has 9 heteroatoms. The molecule has 1 aromatic rings. The van der Waals surface area contributed by atoms with Crippen molar-refractivity contribution in [2.45, 2.75) is 12.6 Å². The molecule has 9 nitrogen and oxygen atoms in total. The Labute approximate surface area is 128 Å². The third-order valence-electron chi connectivity index (χ3n) is 2.81. The van der Waals surface area contributed by atoms with Crippen LogP contribution in [0, 0.1) is 10.1 Å². The van der Waals surface area contributed by atoms with Crippen molar-refractivity contribution in [2.24, 2.45) is 0 Å². The van der Waals surface area contributed by atoms with Crippen LogP contribution in [0.25, 0.3) is 0 Å². The van der Waals surface area contributed by atoms with Gasteiger partial charge in [0.1, 0.15) is 12.6 Å². The van der Waals surface area contributed by atoms with Crippen molar-refractivity contribution < 1.29 is 24.6 Å². The fourth-order valence-corrected chi connectivity index (χ4v) is 1.82. The number of nitrogens with one attached hydrogen (secondary N) is 1. The zero-order valence-corrected chi connectivity index (χ0v) is 12.4. The molecule has 3 N–H and O–H groups in total. The van der Waals surface area contributed by atoms with E-state index < -0.39 is 11.0 Å². The molecule has 0 aliphatic heterocycles. The molecular formula is C13H23N3O6. The maximum absolute atomic E-state index is 10.7. The van der Waals surface area contributed by atoms with Gasteiger partial charge in [0.15, 0.2) is 0 Å². The van der Waals surface area contributed by atoms with Crippen molar-refractivity contribution in [1.82, 2.24) is 9.88 Å². The van der Waals surface area contributed by atoms with Crippen LogP contribution >= 0.6 is 0 Å². The third-order valence-corrected chi connectivity index (χ3v) is 2.81. The molecule has 0 amide bonds. The summed E-state index contributed by atoms with van der Waals surface area (Å²) in [6.45, 7) is 2.69. The van der Waals surface area contributed by atoms with Crippen molar-refractivity contribution in [3.05, 3.63) is 28.4 Å². The van der Waals surface area contributed by atoms with Gasteiger partial charge in [-0.1, -0.05) is 0 Å². The predicted molar refractivity (Wildman–Crippen MR) is 78.7 cm³/mol. The maximum atomic E-state index is 10.7. The van der Waals surface area contributed by atoms with Crippen molar-refractivity contribution in [2.75, 3.05) is 46.1 Å². The van der Waals surface area contributed by atoms with Crippen molar-refractivity contribution in [3.63, 3.8) is 0 Å². The number of nitrogens with zero attached hydrogens (tertiary/aromatic N) is 2. The van der Waals surface area contributed by atoms with E-state index in [2.05, 4.69) is 5.32 Å². The van der Waals surface area contributed by atoms with E-state index >= 15 is 0 Å². The molecule has 0 aliphatic rings. The first-order chi connectivity index (χ1) is 10.6. The van der Waals surface area contributed by atoms with Crippen molar-refractivity contribution in [3.8, 4) is 0 Å². The minimum atomic E-state index is -0.723. The van der Waals surface area contributed by atoms with E-state index in [1.54, 1.807) is 12.3 Å². The number of hydrogen-bond acceptors (Lipinski definition) is 7. The molecular weight excluding hydrogens is 294 g/mol. The highest BCUT2D eigenvalue weighted by Gasteiger charge is 2.15. The van der Waals surface area contributed by atoms with Gasteiger partial charge < -0.3 is 35.1 Å². The van der Waals surface area contributed by atoms with Gasteiger partial charge >= 0.3 is 5.82 Å². The molecule has 0 saturated heterocycles. The van der Waals surface area contributed by atoms with Gasteiger partial charge in [0, 0.05) is 19.2 Å². The predicted octanol–water partition coefficient (Wildman–Crippen LogP) is -0.628. The molecule has 22 heavy (non-hydrogen) atoms. The van der Waals surface area contributed by atoms with Gasteiger partial charge in [-0.25, -0.2) is 4.57 Å². The first-order valence-corrected chi connectivity index (χ1v) is 7.09. The average Bonchev–Trinajstić information content (AvgIpc) is 2.94. The second-order valence-corrected chi connectivity index (χ2v) is 4.58. The Bertz CT molecular complexity index is 426. The quantitative estimate of drug-likeness (QED) is 0.252. The summed E-state index contributed by atoms with van der Waals surface area (Å²) < 4.78 is 11.7. The second kappa shape index (κ2) is 11.1. The average molecular weight is 317 g/mol. The van der Waals surface area contributed by atoms with E-state index in [1.165, 1.54) is 10.6 Å². The van der Waals surface area contributed by atoms with Gasteiger partial charge in [0.2, 0.25) is 0 Å².